The van der Waals surface area contributed by atoms with Crippen molar-refractivity contribution in [3.63, 3.8) is 0 Å². The van der Waals surface area contributed by atoms with Gasteiger partial charge in [0.2, 0.25) is 0 Å². The average molecular weight is 296 g/mol. The van der Waals surface area contributed by atoms with Crippen LogP contribution in [0.3, 0.4) is 0 Å². The SMILES string of the molecule is CC1CCN(C(=O)c2ccccc2CBr)CC1. The molecule has 1 amide bonds. The molecule has 0 N–H and O–H groups in total. The normalized spacial score (nSPS) is 17.2. The molecule has 2 rings (SSSR count). The summed E-state index contributed by atoms with van der Waals surface area (Å²) in [7, 11) is 0. The Balaban J connectivity index is 2.14. The number of rotatable bonds is 2. The van der Waals surface area contributed by atoms with Gasteiger partial charge in [0, 0.05) is 24.0 Å². The van der Waals surface area contributed by atoms with Gasteiger partial charge in [-0.25, -0.2) is 0 Å². The van der Waals surface area contributed by atoms with Crippen LogP contribution < -0.4 is 0 Å². The zero-order valence-corrected chi connectivity index (χ0v) is 11.7. The molecule has 1 heterocycles. The summed E-state index contributed by atoms with van der Waals surface area (Å²) in [6.45, 7) is 4.06. The maximum Gasteiger partial charge on any atom is 0.254 e. The number of hydrogen-bond donors (Lipinski definition) is 0. The van der Waals surface area contributed by atoms with Gasteiger partial charge in [-0.2, -0.15) is 0 Å². The summed E-state index contributed by atoms with van der Waals surface area (Å²) in [5.41, 5.74) is 1.93. The molecule has 1 fully saturated rings. The van der Waals surface area contributed by atoms with Crippen molar-refractivity contribution < 1.29 is 4.79 Å². The number of halogens is 1. The fourth-order valence-electron chi connectivity index (χ4n) is 2.23. The van der Waals surface area contributed by atoms with Crippen LogP contribution in [0.4, 0.5) is 0 Å². The molecule has 0 aromatic heterocycles. The predicted octanol–water partition coefficient (Wildman–Crippen LogP) is 3.45. The maximum atomic E-state index is 12.4. The molecule has 17 heavy (non-hydrogen) atoms. The zero-order chi connectivity index (χ0) is 12.3. The van der Waals surface area contributed by atoms with E-state index < -0.39 is 0 Å². The Kier molecular flexibility index (Phi) is 4.21. The van der Waals surface area contributed by atoms with E-state index in [9.17, 15) is 4.79 Å². The molecular weight excluding hydrogens is 278 g/mol. The minimum atomic E-state index is 0.187. The molecule has 0 saturated carbocycles. The van der Waals surface area contributed by atoms with Gasteiger partial charge in [-0.15, -0.1) is 0 Å². The number of carbonyl (C=O) groups excluding carboxylic acids is 1. The highest BCUT2D eigenvalue weighted by Crippen LogP contribution is 2.20. The van der Waals surface area contributed by atoms with Crippen LogP contribution in [-0.2, 0) is 5.33 Å². The van der Waals surface area contributed by atoms with Crippen molar-refractivity contribution in [1.82, 2.24) is 4.90 Å². The minimum Gasteiger partial charge on any atom is -0.339 e. The Labute approximate surface area is 111 Å². The topological polar surface area (TPSA) is 20.3 Å². The molecular formula is C14H18BrNO. The van der Waals surface area contributed by atoms with Crippen molar-refractivity contribution >= 4 is 21.8 Å². The molecule has 1 aromatic carbocycles. The van der Waals surface area contributed by atoms with E-state index in [1.165, 1.54) is 0 Å². The number of piperidine rings is 1. The highest BCUT2D eigenvalue weighted by molar-refractivity contribution is 9.08. The fraction of sp³-hybridized carbons (Fsp3) is 0.500. The quantitative estimate of drug-likeness (QED) is 0.765. The first kappa shape index (κ1) is 12.6. The van der Waals surface area contributed by atoms with E-state index in [0.717, 1.165) is 48.3 Å². The third kappa shape index (κ3) is 2.89. The lowest BCUT2D eigenvalue weighted by Gasteiger charge is -2.30. The van der Waals surface area contributed by atoms with Crippen LogP contribution in [0.25, 0.3) is 0 Å². The molecule has 0 unspecified atom stereocenters. The molecule has 0 bridgehead atoms. The predicted molar refractivity (Wildman–Crippen MR) is 73.4 cm³/mol. The summed E-state index contributed by atoms with van der Waals surface area (Å²) < 4.78 is 0. The van der Waals surface area contributed by atoms with Crippen LogP contribution in [0.5, 0.6) is 0 Å². The van der Waals surface area contributed by atoms with Gasteiger partial charge in [-0.1, -0.05) is 41.1 Å². The Morgan fingerprint density at radius 3 is 2.65 bits per heavy atom. The van der Waals surface area contributed by atoms with Crippen molar-refractivity contribution in [2.75, 3.05) is 13.1 Å². The van der Waals surface area contributed by atoms with E-state index in [1.807, 2.05) is 29.2 Å². The number of alkyl halides is 1. The molecule has 1 aliphatic heterocycles. The van der Waals surface area contributed by atoms with Gasteiger partial charge in [-0.05, 0) is 30.4 Å². The van der Waals surface area contributed by atoms with Gasteiger partial charge < -0.3 is 4.90 Å². The first-order chi connectivity index (χ1) is 8.22. The fourth-order valence-corrected chi connectivity index (χ4v) is 2.72. The second-order valence-corrected chi connectivity index (χ2v) is 5.33. The molecule has 92 valence electrons. The molecule has 1 aromatic rings. The Hall–Kier alpha value is -0.830. The van der Waals surface area contributed by atoms with E-state index in [2.05, 4.69) is 22.9 Å². The maximum absolute atomic E-state index is 12.4. The van der Waals surface area contributed by atoms with Crippen LogP contribution in [0.1, 0.15) is 35.7 Å². The Morgan fingerprint density at radius 1 is 1.35 bits per heavy atom. The van der Waals surface area contributed by atoms with Crippen LogP contribution in [0.15, 0.2) is 24.3 Å². The number of nitrogens with zero attached hydrogens (tertiary/aromatic N) is 1. The first-order valence-electron chi connectivity index (χ1n) is 6.15. The number of carbonyl (C=O) groups is 1. The molecule has 3 heteroatoms. The van der Waals surface area contributed by atoms with Gasteiger partial charge >= 0.3 is 0 Å². The number of amides is 1. The Bertz CT molecular complexity index is 397. The van der Waals surface area contributed by atoms with Gasteiger partial charge in [0.25, 0.3) is 5.91 Å². The number of likely N-dealkylation sites (tertiary alicyclic amines) is 1. The van der Waals surface area contributed by atoms with Gasteiger partial charge in [0.1, 0.15) is 0 Å². The zero-order valence-electron chi connectivity index (χ0n) is 10.2. The summed E-state index contributed by atoms with van der Waals surface area (Å²) in [6, 6.07) is 7.85. The largest absolute Gasteiger partial charge is 0.339 e. The van der Waals surface area contributed by atoms with Crippen molar-refractivity contribution in [3.8, 4) is 0 Å². The van der Waals surface area contributed by atoms with E-state index in [4.69, 9.17) is 0 Å². The van der Waals surface area contributed by atoms with Crippen LogP contribution in [0.2, 0.25) is 0 Å². The van der Waals surface area contributed by atoms with Crippen LogP contribution in [0, 0.1) is 5.92 Å². The van der Waals surface area contributed by atoms with Crippen LogP contribution in [-0.4, -0.2) is 23.9 Å². The van der Waals surface area contributed by atoms with Gasteiger partial charge in [0.05, 0.1) is 0 Å². The van der Waals surface area contributed by atoms with E-state index in [1.54, 1.807) is 0 Å². The van der Waals surface area contributed by atoms with E-state index in [0.29, 0.717) is 0 Å². The van der Waals surface area contributed by atoms with Crippen molar-refractivity contribution in [2.45, 2.75) is 25.1 Å². The Morgan fingerprint density at radius 2 is 2.00 bits per heavy atom. The highest BCUT2D eigenvalue weighted by atomic mass is 79.9. The second kappa shape index (κ2) is 5.67. The summed E-state index contributed by atoms with van der Waals surface area (Å²) >= 11 is 3.44. The molecule has 0 spiro atoms. The standard InChI is InChI=1S/C14H18BrNO/c1-11-6-8-16(9-7-11)14(17)13-5-3-2-4-12(13)10-15/h2-5,11H,6-10H2,1H3. The molecule has 0 aliphatic carbocycles. The molecule has 2 nitrogen and oxygen atoms in total. The molecule has 0 atom stereocenters. The number of hydrogen-bond acceptors (Lipinski definition) is 1. The average Bonchev–Trinajstić information content (AvgIpc) is 2.39. The lowest BCUT2D eigenvalue weighted by Crippen LogP contribution is -2.38. The molecule has 1 saturated heterocycles. The summed E-state index contributed by atoms with van der Waals surface area (Å²) in [4.78, 5) is 14.4. The van der Waals surface area contributed by atoms with Gasteiger partial charge in [-0.3, -0.25) is 4.79 Å². The summed E-state index contributed by atoms with van der Waals surface area (Å²) in [5.74, 6) is 0.942. The first-order valence-corrected chi connectivity index (χ1v) is 7.27. The van der Waals surface area contributed by atoms with Crippen molar-refractivity contribution in [1.29, 1.82) is 0 Å². The van der Waals surface area contributed by atoms with Crippen LogP contribution >= 0.6 is 15.9 Å². The van der Waals surface area contributed by atoms with Crippen molar-refractivity contribution in [3.05, 3.63) is 35.4 Å². The molecule has 0 radical (unpaired) electrons. The smallest absolute Gasteiger partial charge is 0.254 e. The lowest BCUT2D eigenvalue weighted by molar-refractivity contribution is 0.0696. The lowest BCUT2D eigenvalue weighted by atomic mass is 9.98. The van der Waals surface area contributed by atoms with E-state index in [-0.39, 0.29) is 5.91 Å². The van der Waals surface area contributed by atoms with E-state index >= 15 is 0 Å². The number of benzene rings is 1. The monoisotopic (exact) mass is 295 g/mol. The minimum absolute atomic E-state index is 0.187. The second-order valence-electron chi connectivity index (χ2n) is 4.77. The molecule has 1 aliphatic rings. The highest BCUT2D eigenvalue weighted by Gasteiger charge is 2.22. The van der Waals surface area contributed by atoms with Gasteiger partial charge in [0.15, 0.2) is 0 Å². The third-order valence-corrected chi connectivity index (χ3v) is 4.07. The third-order valence-electron chi connectivity index (χ3n) is 3.46. The summed E-state index contributed by atoms with van der Waals surface area (Å²) in [5, 5.41) is 0.735. The summed E-state index contributed by atoms with van der Waals surface area (Å²) in [6.07, 6.45) is 2.25. The van der Waals surface area contributed by atoms with Crippen molar-refractivity contribution in [2.24, 2.45) is 5.92 Å².